The van der Waals surface area contributed by atoms with Crippen molar-refractivity contribution in [3.8, 4) is 11.5 Å². The molecule has 3 nitrogen and oxygen atoms in total. The van der Waals surface area contributed by atoms with Crippen molar-refractivity contribution in [2.24, 2.45) is 0 Å². The van der Waals surface area contributed by atoms with E-state index in [9.17, 15) is 5.11 Å². The summed E-state index contributed by atoms with van der Waals surface area (Å²) in [5.41, 5.74) is 2.08. The Labute approximate surface area is 132 Å². The molecule has 0 aliphatic carbocycles. The van der Waals surface area contributed by atoms with Gasteiger partial charge >= 0.3 is 0 Å². The van der Waals surface area contributed by atoms with Crippen molar-refractivity contribution in [2.75, 3.05) is 7.11 Å². The van der Waals surface area contributed by atoms with Crippen LogP contribution in [0.5, 0.6) is 11.5 Å². The Bertz CT molecular complexity index is 578. The van der Waals surface area contributed by atoms with Gasteiger partial charge in [0.05, 0.1) is 19.3 Å². The zero-order valence-electron chi connectivity index (χ0n) is 13.5. The van der Waals surface area contributed by atoms with Crippen molar-refractivity contribution < 1.29 is 14.6 Å². The number of hydrogen-bond acceptors (Lipinski definition) is 3. The number of ether oxygens (including phenoxy) is 2. The molecule has 2 rings (SSSR count). The number of methoxy groups -OCH3 is 1. The van der Waals surface area contributed by atoms with Crippen LogP contribution in [0.15, 0.2) is 48.5 Å². The molecule has 2 aromatic rings. The van der Waals surface area contributed by atoms with E-state index in [0.29, 0.717) is 6.42 Å². The van der Waals surface area contributed by atoms with E-state index in [1.165, 1.54) is 0 Å². The first-order valence-corrected chi connectivity index (χ1v) is 7.66. The molecule has 0 heterocycles. The highest BCUT2D eigenvalue weighted by Crippen LogP contribution is 2.30. The van der Waals surface area contributed by atoms with E-state index in [-0.39, 0.29) is 6.10 Å². The van der Waals surface area contributed by atoms with Crippen LogP contribution in [-0.2, 0) is 6.42 Å². The fourth-order valence-electron chi connectivity index (χ4n) is 2.36. The topological polar surface area (TPSA) is 38.7 Å². The minimum atomic E-state index is -0.446. The fourth-order valence-corrected chi connectivity index (χ4v) is 2.36. The summed E-state index contributed by atoms with van der Waals surface area (Å²) in [5, 5.41) is 10.2. The fraction of sp³-hybridized carbons (Fsp3) is 0.368. The van der Waals surface area contributed by atoms with E-state index >= 15 is 0 Å². The summed E-state index contributed by atoms with van der Waals surface area (Å²) in [7, 11) is 1.64. The molecule has 0 aliphatic heterocycles. The first-order valence-electron chi connectivity index (χ1n) is 7.66. The Morgan fingerprint density at radius 2 is 1.73 bits per heavy atom. The summed E-state index contributed by atoms with van der Waals surface area (Å²) in [6.45, 7) is 3.98. The maximum Gasteiger partial charge on any atom is 0.161 e. The highest BCUT2D eigenvalue weighted by atomic mass is 16.5. The lowest BCUT2D eigenvalue weighted by Crippen LogP contribution is -2.07. The summed E-state index contributed by atoms with van der Waals surface area (Å²) in [4.78, 5) is 0. The molecular weight excluding hydrogens is 276 g/mol. The molecule has 0 amide bonds. The molecule has 0 saturated heterocycles. The third-order valence-electron chi connectivity index (χ3n) is 3.48. The minimum Gasteiger partial charge on any atom is -0.493 e. The molecule has 22 heavy (non-hydrogen) atoms. The number of aryl methyl sites for hydroxylation is 1. The van der Waals surface area contributed by atoms with Gasteiger partial charge in [0.1, 0.15) is 0 Å². The van der Waals surface area contributed by atoms with Crippen molar-refractivity contribution in [1.29, 1.82) is 0 Å². The quantitative estimate of drug-likeness (QED) is 0.835. The monoisotopic (exact) mass is 300 g/mol. The average Bonchev–Trinajstić information content (AvgIpc) is 2.54. The van der Waals surface area contributed by atoms with Gasteiger partial charge in [-0.2, -0.15) is 0 Å². The molecule has 3 heteroatoms. The van der Waals surface area contributed by atoms with E-state index in [0.717, 1.165) is 29.0 Å². The van der Waals surface area contributed by atoms with Crippen molar-refractivity contribution in [1.82, 2.24) is 0 Å². The largest absolute Gasteiger partial charge is 0.493 e. The van der Waals surface area contributed by atoms with Crippen LogP contribution in [0.25, 0.3) is 0 Å². The average molecular weight is 300 g/mol. The van der Waals surface area contributed by atoms with Crippen molar-refractivity contribution in [2.45, 2.75) is 38.9 Å². The van der Waals surface area contributed by atoms with Crippen LogP contribution in [0.1, 0.15) is 37.5 Å². The zero-order valence-corrected chi connectivity index (χ0v) is 13.5. The van der Waals surface area contributed by atoms with Gasteiger partial charge in [-0.3, -0.25) is 0 Å². The summed E-state index contributed by atoms with van der Waals surface area (Å²) in [6.07, 6.45) is 1.13. The van der Waals surface area contributed by atoms with Crippen LogP contribution in [0.4, 0.5) is 0 Å². The maximum absolute atomic E-state index is 10.2. The molecule has 1 atom stereocenters. The van der Waals surface area contributed by atoms with Crippen LogP contribution < -0.4 is 9.47 Å². The molecule has 118 valence electrons. The molecule has 1 N–H and O–H groups in total. The Balaban J connectivity index is 2.01. The standard InChI is InChI=1S/C19H24O3/c1-14(2)22-18-12-10-15(13-19(18)21-3)9-11-17(20)16-7-5-4-6-8-16/h4-8,10,12-14,17,20H,9,11H2,1-3H3. The Hall–Kier alpha value is -2.00. The van der Waals surface area contributed by atoms with Crippen LogP contribution in [0.2, 0.25) is 0 Å². The lowest BCUT2D eigenvalue weighted by molar-refractivity contribution is 0.168. The van der Waals surface area contributed by atoms with Gasteiger partial charge in [0.15, 0.2) is 11.5 Å². The number of benzene rings is 2. The lowest BCUT2D eigenvalue weighted by Gasteiger charge is -2.15. The summed E-state index contributed by atoms with van der Waals surface area (Å²) >= 11 is 0. The SMILES string of the molecule is COc1cc(CCC(O)c2ccccc2)ccc1OC(C)C. The maximum atomic E-state index is 10.2. The lowest BCUT2D eigenvalue weighted by atomic mass is 10.0. The number of aliphatic hydroxyl groups is 1. The second-order valence-electron chi connectivity index (χ2n) is 5.62. The minimum absolute atomic E-state index is 0.111. The molecular formula is C19H24O3. The van der Waals surface area contributed by atoms with Crippen molar-refractivity contribution in [3.05, 3.63) is 59.7 Å². The van der Waals surface area contributed by atoms with Gasteiger partial charge in [0.25, 0.3) is 0 Å². The Morgan fingerprint density at radius 3 is 2.36 bits per heavy atom. The van der Waals surface area contributed by atoms with Crippen LogP contribution >= 0.6 is 0 Å². The first-order chi connectivity index (χ1) is 10.6. The molecule has 0 aromatic heterocycles. The Morgan fingerprint density at radius 1 is 1.00 bits per heavy atom. The highest BCUT2D eigenvalue weighted by Gasteiger charge is 2.10. The molecule has 0 bridgehead atoms. The van der Waals surface area contributed by atoms with Crippen LogP contribution in [0, 0.1) is 0 Å². The third-order valence-corrected chi connectivity index (χ3v) is 3.48. The molecule has 0 spiro atoms. The van der Waals surface area contributed by atoms with Gasteiger partial charge in [-0.15, -0.1) is 0 Å². The van der Waals surface area contributed by atoms with Gasteiger partial charge in [-0.1, -0.05) is 36.4 Å². The molecule has 0 saturated carbocycles. The second-order valence-corrected chi connectivity index (χ2v) is 5.62. The van der Waals surface area contributed by atoms with Gasteiger partial charge in [-0.05, 0) is 49.9 Å². The predicted molar refractivity (Wildman–Crippen MR) is 88.5 cm³/mol. The molecule has 0 aliphatic rings. The molecule has 0 fully saturated rings. The van der Waals surface area contributed by atoms with Crippen LogP contribution in [-0.4, -0.2) is 18.3 Å². The van der Waals surface area contributed by atoms with E-state index in [1.807, 2.05) is 62.4 Å². The summed E-state index contributed by atoms with van der Waals surface area (Å²) < 4.78 is 11.1. The van der Waals surface area contributed by atoms with Crippen molar-refractivity contribution in [3.63, 3.8) is 0 Å². The van der Waals surface area contributed by atoms with E-state index in [4.69, 9.17) is 9.47 Å². The van der Waals surface area contributed by atoms with Crippen molar-refractivity contribution >= 4 is 0 Å². The van der Waals surface area contributed by atoms with Crippen LogP contribution in [0.3, 0.4) is 0 Å². The van der Waals surface area contributed by atoms with Gasteiger partial charge < -0.3 is 14.6 Å². The number of rotatable bonds is 7. The molecule has 0 radical (unpaired) electrons. The zero-order chi connectivity index (χ0) is 15.9. The first kappa shape index (κ1) is 16.4. The van der Waals surface area contributed by atoms with Gasteiger partial charge in [0, 0.05) is 0 Å². The van der Waals surface area contributed by atoms with Gasteiger partial charge in [0.2, 0.25) is 0 Å². The normalized spacial score (nSPS) is 12.2. The highest BCUT2D eigenvalue weighted by molar-refractivity contribution is 5.43. The van der Waals surface area contributed by atoms with E-state index < -0.39 is 6.10 Å². The third kappa shape index (κ3) is 4.50. The van der Waals surface area contributed by atoms with E-state index in [2.05, 4.69) is 0 Å². The molecule has 2 aromatic carbocycles. The second kappa shape index (κ2) is 7.85. The van der Waals surface area contributed by atoms with Gasteiger partial charge in [-0.25, -0.2) is 0 Å². The predicted octanol–water partition coefficient (Wildman–Crippen LogP) is 4.15. The summed E-state index contributed by atoms with van der Waals surface area (Å²) in [5.74, 6) is 1.49. The summed E-state index contributed by atoms with van der Waals surface area (Å²) in [6, 6.07) is 15.7. The Kier molecular flexibility index (Phi) is 5.84. The molecule has 1 unspecified atom stereocenters. The number of aliphatic hydroxyl groups excluding tert-OH is 1. The smallest absolute Gasteiger partial charge is 0.161 e. The number of hydrogen-bond donors (Lipinski definition) is 1. The van der Waals surface area contributed by atoms with E-state index in [1.54, 1.807) is 7.11 Å².